The molecule has 5 heteroatoms. The minimum Gasteiger partial charge on any atom is -0.518 e. The van der Waals surface area contributed by atoms with Gasteiger partial charge in [0.15, 0.2) is 0 Å². The normalized spacial score (nSPS) is 11.3. The molecule has 0 bridgehead atoms. The summed E-state index contributed by atoms with van der Waals surface area (Å²) in [4.78, 5) is 8.04. The van der Waals surface area contributed by atoms with Crippen LogP contribution >= 0.6 is 15.9 Å². The van der Waals surface area contributed by atoms with Gasteiger partial charge in [-0.2, -0.15) is 0 Å². The molecule has 12 heavy (non-hydrogen) atoms. The second-order valence-electron chi connectivity index (χ2n) is 3.40. The highest BCUT2D eigenvalue weighted by Crippen LogP contribution is 2.12. The molecule has 0 amide bonds. The van der Waals surface area contributed by atoms with Gasteiger partial charge in [0.2, 0.25) is 8.32 Å². The van der Waals surface area contributed by atoms with E-state index in [1.165, 1.54) is 0 Å². The molecule has 0 spiro atoms. The Bertz CT molecular complexity index is 257. The Labute approximate surface area is 81.5 Å². The number of hydrogen-bond acceptors (Lipinski definition) is 3. The molecule has 0 aliphatic rings. The van der Waals surface area contributed by atoms with Gasteiger partial charge in [-0.25, -0.2) is 9.97 Å². The predicted molar refractivity (Wildman–Crippen MR) is 53.7 cm³/mol. The van der Waals surface area contributed by atoms with E-state index in [1.54, 1.807) is 12.4 Å². The molecule has 1 aromatic rings. The lowest BCUT2D eigenvalue weighted by atomic mass is 10.7. The number of hydrogen-bond donors (Lipinski definition) is 0. The van der Waals surface area contributed by atoms with Gasteiger partial charge in [-0.15, -0.1) is 0 Å². The van der Waals surface area contributed by atoms with Crippen molar-refractivity contribution >= 4 is 24.2 Å². The van der Waals surface area contributed by atoms with E-state index in [1.807, 2.05) is 0 Å². The Kier molecular flexibility index (Phi) is 2.84. The van der Waals surface area contributed by atoms with E-state index in [9.17, 15) is 0 Å². The lowest BCUT2D eigenvalue weighted by molar-refractivity contribution is 0.508. The number of halogens is 1. The zero-order valence-corrected chi connectivity index (χ0v) is 9.92. The van der Waals surface area contributed by atoms with Crippen molar-refractivity contribution in [3.8, 4) is 6.01 Å². The van der Waals surface area contributed by atoms with Crippen molar-refractivity contribution in [1.82, 2.24) is 9.97 Å². The average Bonchev–Trinajstić information content (AvgIpc) is 1.91. The molecule has 0 saturated heterocycles. The Morgan fingerprint density at radius 2 is 1.75 bits per heavy atom. The van der Waals surface area contributed by atoms with Crippen LogP contribution in [0.25, 0.3) is 0 Å². The summed E-state index contributed by atoms with van der Waals surface area (Å²) in [6, 6.07) is 0.470. The highest BCUT2D eigenvalue weighted by molar-refractivity contribution is 9.10. The van der Waals surface area contributed by atoms with E-state index in [4.69, 9.17) is 4.43 Å². The summed E-state index contributed by atoms with van der Waals surface area (Å²) in [7, 11) is -1.56. The first kappa shape index (κ1) is 9.66. The van der Waals surface area contributed by atoms with E-state index < -0.39 is 8.32 Å². The van der Waals surface area contributed by atoms with E-state index >= 15 is 0 Å². The Morgan fingerprint density at radius 1 is 1.25 bits per heavy atom. The van der Waals surface area contributed by atoms with Crippen molar-refractivity contribution in [2.45, 2.75) is 19.6 Å². The van der Waals surface area contributed by atoms with Crippen molar-refractivity contribution in [3.05, 3.63) is 16.9 Å². The van der Waals surface area contributed by atoms with E-state index in [0.717, 1.165) is 4.47 Å². The minimum absolute atomic E-state index is 0.470. The van der Waals surface area contributed by atoms with Crippen molar-refractivity contribution in [3.63, 3.8) is 0 Å². The third kappa shape index (κ3) is 3.32. The lowest BCUT2D eigenvalue weighted by Gasteiger charge is -2.16. The Hall–Kier alpha value is -0.423. The molecule has 66 valence electrons. The van der Waals surface area contributed by atoms with Gasteiger partial charge in [0, 0.05) is 12.4 Å². The molecule has 1 rings (SSSR count). The van der Waals surface area contributed by atoms with E-state index in [0.29, 0.717) is 6.01 Å². The van der Waals surface area contributed by atoms with Crippen molar-refractivity contribution in [1.29, 1.82) is 0 Å². The monoisotopic (exact) mass is 246 g/mol. The first-order valence-electron chi connectivity index (χ1n) is 3.64. The molecule has 0 atom stereocenters. The molecule has 3 nitrogen and oxygen atoms in total. The molecule has 0 radical (unpaired) electrons. The van der Waals surface area contributed by atoms with Gasteiger partial charge in [0.05, 0.1) is 4.47 Å². The fourth-order valence-electron chi connectivity index (χ4n) is 0.627. The molecular formula is C7H11BrN2OSi. The maximum Gasteiger partial charge on any atom is 0.302 e. The standard InChI is InChI=1S/C7H11BrN2OSi/c1-12(2,3)11-7-9-4-6(8)5-10-7/h4-5H,1-3H3. The molecular weight excluding hydrogens is 236 g/mol. The number of rotatable bonds is 2. The fraction of sp³-hybridized carbons (Fsp3) is 0.429. The maximum atomic E-state index is 5.55. The summed E-state index contributed by atoms with van der Waals surface area (Å²) in [6.07, 6.45) is 3.37. The lowest BCUT2D eigenvalue weighted by Crippen LogP contribution is -2.30. The Balaban J connectivity index is 2.71. The second kappa shape index (κ2) is 3.53. The Morgan fingerprint density at radius 3 is 2.17 bits per heavy atom. The van der Waals surface area contributed by atoms with Gasteiger partial charge in [0.25, 0.3) is 0 Å². The molecule has 0 aliphatic carbocycles. The average molecular weight is 247 g/mol. The highest BCUT2D eigenvalue weighted by Gasteiger charge is 2.17. The third-order valence-electron chi connectivity index (χ3n) is 0.994. The topological polar surface area (TPSA) is 35.0 Å². The van der Waals surface area contributed by atoms with Gasteiger partial charge in [-0.3, -0.25) is 0 Å². The molecule has 0 aromatic carbocycles. The zero-order valence-electron chi connectivity index (χ0n) is 7.34. The molecule has 0 unspecified atom stereocenters. The quantitative estimate of drug-likeness (QED) is 0.753. The van der Waals surface area contributed by atoms with Crippen LogP contribution in [0.5, 0.6) is 6.01 Å². The summed E-state index contributed by atoms with van der Waals surface area (Å²) < 4.78 is 6.42. The van der Waals surface area contributed by atoms with Crippen LogP contribution < -0.4 is 4.43 Å². The fourth-order valence-corrected chi connectivity index (χ4v) is 1.48. The summed E-state index contributed by atoms with van der Waals surface area (Å²) >= 11 is 3.26. The van der Waals surface area contributed by atoms with Crippen LogP contribution in [0.4, 0.5) is 0 Å². The van der Waals surface area contributed by atoms with Crippen molar-refractivity contribution in [2.75, 3.05) is 0 Å². The summed E-state index contributed by atoms with van der Waals surface area (Å²) in [5, 5.41) is 0. The first-order valence-corrected chi connectivity index (χ1v) is 7.84. The SMILES string of the molecule is C[Si](C)(C)Oc1ncc(Br)cn1. The smallest absolute Gasteiger partial charge is 0.302 e. The first-order chi connectivity index (χ1) is 5.47. The highest BCUT2D eigenvalue weighted by atomic mass is 79.9. The number of aromatic nitrogens is 2. The van der Waals surface area contributed by atoms with Gasteiger partial charge in [-0.05, 0) is 35.6 Å². The van der Waals surface area contributed by atoms with Crippen LogP contribution in [0, 0.1) is 0 Å². The summed E-state index contributed by atoms with van der Waals surface area (Å²) in [5.41, 5.74) is 0. The largest absolute Gasteiger partial charge is 0.518 e. The maximum absolute atomic E-state index is 5.55. The second-order valence-corrected chi connectivity index (χ2v) is 8.74. The van der Waals surface area contributed by atoms with Crippen molar-refractivity contribution < 1.29 is 4.43 Å². The summed E-state index contributed by atoms with van der Waals surface area (Å²) in [6.45, 7) is 6.29. The molecule has 0 saturated carbocycles. The zero-order chi connectivity index (χ0) is 9.19. The van der Waals surface area contributed by atoms with Gasteiger partial charge in [-0.1, -0.05) is 0 Å². The van der Waals surface area contributed by atoms with Gasteiger partial charge >= 0.3 is 6.01 Å². The molecule has 1 heterocycles. The molecule has 1 aromatic heterocycles. The van der Waals surface area contributed by atoms with Gasteiger partial charge < -0.3 is 4.43 Å². The summed E-state index contributed by atoms with van der Waals surface area (Å²) in [5.74, 6) is 0. The van der Waals surface area contributed by atoms with E-state index in [2.05, 4.69) is 45.5 Å². The number of nitrogens with zero attached hydrogens (tertiary/aromatic N) is 2. The predicted octanol–water partition coefficient (Wildman–Crippen LogP) is 2.45. The molecule has 0 N–H and O–H groups in total. The van der Waals surface area contributed by atoms with Crippen LogP contribution in [0.2, 0.25) is 19.6 Å². The third-order valence-corrected chi connectivity index (χ3v) is 2.20. The minimum atomic E-state index is -1.56. The van der Waals surface area contributed by atoms with Crippen LogP contribution in [-0.2, 0) is 0 Å². The molecule has 0 fully saturated rings. The van der Waals surface area contributed by atoms with Crippen LogP contribution in [0.1, 0.15) is 0 Å². The van der Waals surface area contributed by atoms with Crippen LogP contribution in [0.15, 0.2) is 16.9 Å². The van der Waals surface area contributed by atoms with Crippen molar-refractivity contribution in [2.24, 2.45) is 0 Å². The van der Waals surface area contributed by atoms with E-state index in [-0.39, 0.29) is 0 Å². The van der Waals surface area contributed by atoms with Crippen LogP contribution in [0.3, 0.4) is 0 Å². The van der Waals surface area contributed by atoms with Gasteiger partial charge in [0.1, 0.15) is 0 Å². The molecule has 0 aliphatic heterocycles. The van der Waals surface area contributed by atoms with Crippen LogP contribution in [-0.4, -0.2) is 18.3 Å².